The number of nitrogens with zero attached hydrogens (tertiary/aromatic N) is 2. The van der Waals surface area contributed by atoms with Gasteiger partial charge in [-0.25, -0.2) is 4.79 Å². The minimum atomic E-state index is -0.747. The van der Waals surface area contributed by atoms with Crippen molar-refractivity contribution >= 4 is 23.4 Å². The fraction of sp³-hybridized carbons (Fsp3) is 0.452. The Bertz CT molecular complexity index is 1130. The average Bonchev–Trinajstić information content (AvgIpc) is 3.18. The SMILES string of the molecule is CCCCN(CCCC)CCCN1C(=O)C(=O)C(=C(O)c2ccc(C)cc2)C1c1ccc(C(=O)OC)cc1. The van der Waals surface area contributed by atoms with Crippen LogP contribution < -0.4 is 0 Å². The van der Waals surface area contributed by atoms with Crippen LogP contribution in [0.25, 0.3) is 5.76 Å². The lowest BCUT2D eigenvalue weighted by atomic mass is 9.94. The molecule has 2 aromatic carbocycles. The minimum Gasteiger partial charge on any atom is -0.507 e. The zero-order valence-electron chi connectivity index (χ0n) is 23.0. The number of aryl methyl sites for hydroxylation is 1. The predicted molar refractivity (Wildman–Crippen MR) is 149 cm³/mol. The molecule has 0 aliphatic carbocycles. The molecule has 1 saturated heterocycles. The van der Waals surface area contributed by atoms with Crippen LogP contribution in [0.5, 0.6) is 0 Å². The van der Waals surface area contributed by atoms with Crippen molar-refractivity contribution in [1.82, 2.24) is 9.80 Å². The van der Waals surface area contributed by atoms with Gasteiger partial charge >= 0.3 is 5.97 Å². The second-order valence-corrected chi connectivity index (χ2v) is 9.87. The molecule has 1 fully saturated rings. The number of carbonyl (C=O) groups is 3. The summed E-state index contributed by atoms with van der Waals surface area (Å²) in [6, 6.07) is 13.1. The topological polar surface area (TPSA) is 87.2 Å². The van der Waals surface area contributed by atoms with E-state index in [1.54, 1.807) is 41.3 Å². The molecule has 2 aromatic rings. The molecular weight excluding hydrogens is 480 g/mol. The first-order chi connectivity index (χ1) is 18.3. The van der Waals surface area contributed by atoms with Crippen LogP contribution in [0.3, 0.4) is 0 Å². The molecule has 0 aromatic heterocycles. The van der Waals surface area contributed by atoms with Crippen molar-refractivity contribution < 1.29 is 24.2 Å². The molecule has 1 amide bonds. The summed E-state index contributed by atoms with van der Waals surface area (Å²) >= 11 is 0. The van der Waals surface area contributed by atoms with E-state index >= 15 is 0 Å². The molecule has 7 nitrogen and oxygen atoms in total. The number of hydrogen-bond acceptors (Lipinski definition) is 6. The molecule has 1 aliphatic rings. The van der Waals surface area contributed by atoms with Gasteiger partial charge in [0.2, 0.25) is 0 Å². The Labute approximate surface area is 226 Å². The molecule has 3 rings (SSSR count). The molecule has 0 radical (unpaired) electrons. The number of rotatable bonds is 13. The molecule has 1 atom stereocenters. The maximum atomic E-state index is 13.3. The van der Waals surface area contributed by atoms with Crippen LogP contribution in [-0.2, 0) is 14.3 Å². The number of ketones is 1. The van der Waals surface area contributed by atoms with Gasteiger partial charge in [0.15, 0.2) is 0 Å². The maximum absolute atomic E-state index is 13.3. The number of benzene rings is 2. The van der Waals surface area contributed by atoms with Crippen LogP contribution in [-0.4, -0.2) is 65.9 Å². The van der Waals surface area contributed by atoms with E-state index in [-0.39, 0.29) is 11.3 Å². The lowest BCUT2D eigenvalue weighted by molar-refractivity contribution is -0.140. The van der Waals surface area contributed by atoms with Crippen molar-refractivity contribution in [3.05, 3.63) is 76.4 Å². The third kappa shape index (κ3) is 6.90. The molecule has 1 aliphatic heterocycles. The predicted octanol–water partition coefficient (Wildman–Crippen LogP) is 5.50. The van der Waals surface area contributed by atoms with Crippen molar-refractivity contribution in [2.45, 2.75) is 58.9 Å². The summed E-state index contributed by atoms with van der Waals surface area (Å²) in [4.78, 5) is 42.5. The number of amides is 1. The quantitative estimate of drug-likeness (QED) is 0.163. The molecule has 1 heterocycles. The summed E-state index contributed by atoms with van der Waals surface area (Å²) in [5.41, 5.74) is 2.59. The number of ether oxygens (including phenoxy) is 1. The van der Waals surface area contributed by atoms with E-state index in [1.807, 2.05) is 19.1 Å². The number of esters is 1. The molecule has 1 N–H and O–H groups in total. The number of unbranched alkanes of at least 4 members (excludes halogenated alkanes) is 2. The Balaban J connectivity index is 1.94. The number of aliphatic hydroxyl groups is 1. The third-order valence-electron chi connectivity index (χ3n) is 7.04. The van der Waals surface area contributed by atoms with Crippen molar-refractivity contribution in [3.63, 3.8) is 0 Å². The Morgan fingerprint density at radius 1 is 0.895 bits per heavy atom. The second-order valence-electron chi connectivity index (χ2n) is 9.87. The highest BCUT2D eigenvalue weighted by Gasteiger charge is 2.45. The van der Waals surface area contributed by atoms with E-state index in [0.717, 1.165) is 50.9 Å². The van der Waals surface area contributed by atoms with Crippen LogP contribution in [0.4, 0.5) is 0 Å². The Kier molecular flexibility index (Phi) is 10.7. The second kappa shape index (κ2) is 13.9. The number of hydrogen-bond donors (Lipinski definition) is 1. The van der Waals surface area contributed by atoms with Gasteiger partial charge in [-0.2, -0.15) is 0 Å². The van der Waals surface area contributed by atoms with Crippen LogP contribution in [0.15, 0.2) is 54.1 Å². The smallest absolute Gasteiger partial charge is 0.337 e. The minimum absolute atomic E-state index is 0.0680. The molecule has 0 spiro atoms. The third-order valence-corrected chi connectivity index (χ3v) is 7.04. The first kappa shape index (κ1) is 29.1. The van der Waals surface area contributed by atoms with E-state index in [1.165, 1.54) is 7.11 Å². The highest BCUT2D eigenvalue weighted by molar-refractivity contribution is 6.46. The van der Waals surface area contributed by atoms with E-state index < -0.39 is 23.7 Å². The lowest BCUT2D eigenvalue weighted by Gasteiger charge is -2.27. The number of aliphatic hydroxyl groups excluding tert-OH is 1. The van der Waals surface area contributed by atoms with Gasteiger partial charge in [0.05, 0.1) is 24.3 Å². The average molecular weight is 521 g/mol. The molecule has 7 heteroatoms. The number of carbonyl (C=O) groups excluding carboxylic acids is 3. The highest BCUT2D eigenvalue weighted by Crippen LogP contribution is 2.39. The number of methoxy groups -OCH3 is 1. The van der Waals surface area contributed by atoms with Gasteiger partial charge in [0.25, 0.3) is 11.7 Å². The van der Waals surface area contributed by atoms with Crippen LogP contribution in [0.1, 0.15) is 79.0 Å². The Morgan fingerprint density at radius 2 is 1.45 bits per heavy atom. The number of Topliss-reactive ketones (excluding diaryl/α,β-unsaturated/α-hetero) is 1. The van der Waals surface area contributed by atoms with Gasteiger partial charge in [0.1, 0.15) is 5.76 Å². The van der Waals surface area contributed by atoms with Crippen LogP contribution in [0, 0.1) is 6.92 Å². The summed E-state index contributed by atoms with van der Waals surface area (Å²) in [6.45, 7) is 9.54. The first-order valence-corrected chi connectivity index (χ1v) is 13.6. The molecule has 0 bridgehead atoms. The largest absolute Gasteiger partial charge is 0.507 e. The van der Waals surface area contributed by atoms with Crippen molar-refractivity contribution in [2.24, 2.45) is 0 Å². The van der Waals surface area contributed by atoms with Crippen LogP contribution >= 0.6 is 0 Å². The van der Waals surface area contributed by atoms with Crippen molar-refractivity contribution in [2.75, 3.05) is 33.3 Å². The van der Waals surface area contributed by atoms with E-state index in [2.05, 4.69) is 18.7 Å². The van der Waals surface area contributed by atoms with Gasteiger partial charge in [-0.3, -0.25) is 9.59 Å². The van der Waals surface area contributed by atoms with Crippen molar-refractivity contribution in [3.8, 4) is 0 Å². The molecule has 1 unspecified atom stereocenters. The summed E-state index contributed by atoms with van der Waals surface area (Å²) in [7, 11) is 1.32. The van der Waals surface area contributed by atoms with E-state index in [0.29, 0.717) is 29.7 Å². The van der Waals surface area contributed by atoms with Gasteiger partial charge in [-0.05, 0) is 63.5 Å². The zero-order valence-corrected chi connectivity index (χ0v) is 23.0. The van der Waals surface area contributed by atoms with E-state index in [4.69, 9.17) is 4.74 Å². The summed E-state index contributed by atoms with van der Waals surface area (Å²) in [6.07, 6.45) is 5.20. The van der Waals surface area contributed by atoms with E-state index in [9.17, 15) is 19.5 Å². The van der Waals surface area contributed by atoms with Gasteiger partial charge in [-0.15, -0.1) is 0 Å². The molecular formula is C31H40N2O5. The monoisotopic (exact) mass is 520 g/mol. The molecule has 204 valence electrons. The van der Waals surface area contributed by atoms with Gasteiger partial charge < -0.3 is 19.6 Å². The Morgan fingerprint density at radius 3 is 2.00 bits per heavy atom. The summed E-state index contributed by atoms with van der Waals surface area (Å²) < 4.78 is 4.80. The highest BCUT2D eigenvalue weighted by atomic mass is 16.5. The van der Waals surface area contributed by atoms with Gasteiger partial charge in [-0.1, -0.05) is 68.7 Å². The van der Waals surface area contributed by atoms with Crippen molar-refractivity contribution in [1.29, 1.82) is 0 Å². The fourth-order valence-corrected chi connectivity index (χ4v) is 4.81. The van der Waals surface area contributed by atoms with Crippen LogP contribution in [0.2, 0.25) is 0 Å². The number of likely N-dealkylation sites (tertiary alicyclic amines) is 1. The zero-order chi connectivity index (χ0) is 27.7. The molecule has 0 saturated carbocycles. The summed E-state index contributed by atoms with van der Waals surface area (Å²) in [5.74, 6) is -1.97. The summed E-state index contributed by atoms with van der Waals surface area (Å²) in [5, 5.41) is 11.2. The Hall–Kier alpha value is -3.45. The lowest BCUT2D eigenvalue weighted by Crippen LogP contribution is -2.34. The normalized spacial score (nSPS) is 16.9. The van der Waals surface area contributed by atoms with Gasteiger partial charge in [0, 0.05) is 12.1 Å². The fourth-order valence-electron chi connectivity index (χ4n) is 4.81. The maximum Gasteiger partial charge on any atom is 0.337 e. The standard InChI is InChI=1S/C31H40N2O5/c1-5-7-18-32(19-8-6-2)20-9-21-33-27(23-14-16-25(17-15-23)31(37)38-4)26(29(35)30(33)36)28(34)24-12-10-22(3)11-13-24/h10-17,27,34H,5-9,18-21H2,1-4H3. The molecule has 38 heavy (non-hydrogen) atoms. The first-order valence-electron chi connectivity index (χ1n) is 13.6.